The van der Waals surface area contributed by atoms with Gasteiger partial charge in [-0.3, -0.25) is 0 Å². The zero-order chi connectivity index (χ0) is 7.40. The predicted octanol–water partition coefficient (Wildman–Crippen LogP) is 1.93. The maximum Gasteiger partial charge on any atom is 0.316 e. The quantitative estimate of drug-likeness (QED) is 0.702. The Labute approximate surface area is 91.4 Å². The highest BCUT2D eigenvalue weighted by Gasteiger charge is 1.90. The second-order valence-corrected chi connectivity index (χ2v) is 2.81. The van der Waals surface area contributed by atoms with Crippen LogP contribution in [0.2, 0.25) is 0 Å². The monoisotopic (exact) mass is 226 g/mol. The molecule has 0 fully saturated rings. The lowest BCUT2D eigenvalue weighted by Crippen LogP contribution is -1.89. The maximum absolute atomic E-state index is 5.26. The van der Waals surface area contributed by atoms with Gasteiger partial charge >= 0.3 is 23.1 Å². The smallest absolute Gasteiger partial charge is 0.316 e. The number of rotatable bonds is 2. The minimum Gasteiger partial charge on any atom is -0.494 e. The molecule has 0 aliphatic heterocycles. The van der Waals surface area contributed by atoms with E-state index in [0.29, 0.717) is 0 Å². The molecule has 0 aliphatic rings. The van der Waals surface area contributed by atoms with Crippen molar-refractivity contribution >= 4 is 39.0 Å². The molecule has 0 atom stereocenters. The summed E-state index contributed by atoms with van der Waals surface area (Å²) in [7, 11) is 0. The molecule has 0 spiro atoms. The van der Waals surface area contributed by atoms with Crippen LogP contribution < -0.4 is 4.74 Å². The largest absolute Gasteiger partial charge is 0.494 e. The van der Waals surface area contributed by atoms with Crippen molar-refractivity contribution in [3.05, 3.63) is 28.7 Å². The molecule has 0 heterocycles. The molecule has 3 heteroatoms. The van der Waals surface area contributed by atoms with Crippen molar-refractivity contribution < 1.29 is 4.74 Å². The average Bonchev–Trinajstić information content (AvgIpc) is 1.88. The van der Waals surface area contributed by atoms with Crippen LogP contribution in [0.4, 0.5) is 0 Å². The molecule has 58 valence electrons. The van der Waals surface area contributed by atoms with E-state index < -0.39 is 0 Å². The summed E-state index contributed by atoms with van der Waals surface area (Å²) in [6.45, 7) is 2.69. The van der Waals surface area contributed by atoms with E-state index in [4.69, 9.17) is 4.74 Å². The van der Waals surface area contributed by atoms with E-state index in [-0.39, 0.29) is 23.1 Å². The molecule has 0 amide bonds. The van der Waals surface area contributed by atoms with Gasteiger partial charge in [0.05, 0.1) is 6.61 Å². The van der Waals surface area contributed by atoms with Crippen molar-refractivity contribution in [2.45, 2.75) is 6.92 Å². The molecular weight excluding hydrogens is 216 g/mol. The van der Waals surface area contributed by atoms with Gasteiger partial charge in [0.15, 0.2) is 0 Å². The SMILES string of the molecule is CCOc1cccc(Br)c1.[MgH2]. The van der Waals surface area contributed by atoms with Gasteiger partial charge in [-0.25, -0.2) is 0 Å². The highest BCUT2D eigenvalue weighted by molar-refractivity contribution is 9.10. The Bertz CT molecular complexity index is 215. The van der Waals surface area contributed by atoms with Gasteiger partial charge in [0.1, 0.15) is 5.75 Å². The van der Waals surface area contributed by atoms with E-state index in [9.17, 15) is 0 Å². The molecule has 0 saturated carbocycles. The Kier molecular flexibility index (Phi) is 6.00. The number of hydrogen-bond acceptors (Lipinski definition) is 1. The van der Waals surface area contributed by atoms with Crippen molar-refractivity contribution in [1.82, 2.24) is 0 Å². The van der Waals surface area contributed by atoms with Gasteiger partial charge in [-0.2, -0.15) is 0 Å². The van der Waals surface area contributed by atoms with E-state index in [0.717, 1.165) is 16.8 Å². The summed E-state index contributed by atoms with van der Waals surface area (Å²) in [5.74, 6) is 0.914. The first-order valence-corrected chi connectivity index (χ1v) is 4.00. The fourth-order valence-corrected chi connectivity index (χ4v) is 1.10. The normalized spacial score (nSPS) is 8.55. The van der Waals surface area contributed by atoms with E-state index in [2.05, 4.69) is 15.9 Å². The van der Waals surface area contributed by atoms with E-state index in [1.807, 2.05) is 31.2 Å². The summed E-state index contributed by atoms with van der Waals surface area (Å²) in [5.41, 5.74) is 0. The van der Waals surface area contributed by atoms with Crippen molar-refractivity contribution in [1.29, 1.82) is 0 Å². The average molecular weight is 227 g/mol. The summed E-state index contributed by atoms with van der Waals surface area (Å²) in [4.78, 5) is 0. The summed E-state index contributed by atoms with van der Waals surface area (Å²) in [6.07, 6.45) is 0. The summed E-state index contributed by atoms with van der Waals surface area (Å²) < 4.78 is 6.31. The maximum atomic E-state index is 5.26. The fourth-order valence-electron chi connectivity index (χ4n) is 0.723. The first-order valence-electron chi connectivity index (χ1n) is 3.21. The van der Waals surface area contributed by atoms with Crippen LogP contribution in [-0.4, -0.2) is 29.7 Å². The van der Waals surface area contributed by atoms with Crippen molar-refractivity contribution in [3.8, 4) is 5.75 Å². The Hall–Kier alpha value is 0.266. The lowest BCUT2D eigenvalue weighted by molar-refractivity contribution is 0.340. The molecule has 11 heavy (non-hydrogen) atoms. The summed E-state index contributed by atoms with van der Waals surface area (Å²) in [5, 5.41) is 0. The molecule has 1 nitrogen and oxygen atoms in total. The standard InChI is InChI=1S/C8H9BrO.Mg.2H/c1-2-10-8-5-3-4-7(9)6-8;;;/h3-6H,2H2,1H3;;;. The molecule has 0 aliphatic carbocycles. The number of halogens is 1. The fraction of sp³-hybridized carbons (Fsp3) is 0.250. The zero-order valence-electron chi connectivity index (χ0n) is 5.80. The third-order valence-corrected chi connectivity index (χ3v) is 1.60. The first kappa shape index (κ1) is 11.3. The van der Waals surface area contributed by atoms with Crippen LogP contribution >= 0.6 is 15.9 Å². The molecule has 1 aromatic rings. The summed E-state index contributed by atoms with van der Waals surface area (Å²) in [6, 6.07) is 7.81. The molecule has 0 bridgehead atoms. The highest BCUT2D eigenvalue weighted by Crippen LogP contribution is 2.17. The molecule has 1 rings (SSSR count). The van der Waals surface area contributed by atoms with Crippen LogP contribution in [0.25, 0.3) is 0 Å². The van der Waals surface area contributed by atoms with Gasteiger partial charge in [-0.1, -0.05) is 22.0 Å². The van der Waals surface area contributed by atoms with E-state index in [1.165, 1.54) is 0 Å². The number of hydrogen-bond donors (Lipinski definition) is 0. The molecule has 0 saturated heterocycles. The zero-order valence-corrected chi connectivity index (χ0v) is 7.39. The third-order valence-electron chi connectivity index (χ3n) is 1.11. The van der Waals surface area contributed by atoms with Crippen LogP contribution in [0, 0.1) is 0 Å². The Morgan fingerprint density at radius 2 is 2.18 bits per heavy atom. The Balaban J connectivity index is 0.000001000. The molecular formula is C8H11BrMgO. The van der Waals surface area contributed by atoms with Gasteiger partial charge < -0.3 is 4.74 Å². The van der Waals surface area contributed by atoms with Crippen LogP contribution in [0.3, 0.4) is 0 Å². The van der Waals surface area contributed by atoms with Gasteiger partial charge in [0.25, 0.3) is 0 Å². The Morgan fingerprint density at radius 1 is 1.45 bits per heavy atom. The second-order valence-electron chi connectivity index (χ2n) is 1.89. The molecule has 0 N–H and O–H groups in total. The lowest BCUT2D eigenvalue weighted by atomic mass is 10.3. The number of benzene rings is 1. The lowest BCUT2D eigenvalue weighted by Gasteiger charge is -2.01. The van der Waals surface area contributed by atoms with Crippen molar-refractivity contribution in [2.75, 3.05) is 6.61 Å². The minimum atomic E-state index is 0. The van der Waals surface area contributed by atoms with Crippen molar-refractivity contribution in [2.24, 2.45) is 0 Å². The topological polar surface area (TPSA) is 9.23 Å². The molecule has 0 radical (unpaired) electrons. The predicted molar refractivity (Wildman–Crippen MR) is 53.9 cm³/mol. The third kappa shape index (κ3) is 3.99. The number of ether oxygens (including phenoxy) is 1. The van der Waals surface area contributed by atoms with E-state index >= 15 is 0 Å². The van der Waals surface area contributed by atoms with Crippen molar-refractivity contribution in [3.63, 3.8) is 0 Å². The highest BCUT2D eigenvalue weighted by atomic mass is 79.9. The summed E-state index contributed by atoms with van der Waals surface area (Å²) >= 11 is 3.35. The van der Waals surface area contributed by atoms with Crippen LogP contribution in [-0.2, 0) is 0 Å². The molecule has 0 unspecified atom stereocenters. The van der Waals surface area contributed by atoms with Gasteiger partial charge in [0, 0.05) is 4.47 Å². The van der Waals surface area contributed by atoms with Crippen LogP contribution in [0.15, 0.2) is 28.7 Å². The molecule has 0 aromatic heterocycles. The van der Waals surface area contributed by atoms with Crippen LogP contribution in [0.1, 0.15) is 6.92 Å². The Morgan fingerprint density at radius 3 is 2.73 bits per heavy atom. The van der Waals surface area contributed by atoms with Gasteiger partial charge in [-0.15, -0.1) is 0 Å². The molecule has 1 aromatic carbocycles. The van der Waals surface area contributed by atoms with Gasteiger partial charge in [0.2, 0.25) is 0 Å². The second kappa shape index (κ2) is 5.86. The van der Waals surface area contributed by atoms with E-state index in [1.54, 1.807) is 0 Å². The van der Waals surface area contributed by atoms with Crippen LogP contribution in [0.5, 0.6) is 5.75 Å². The van der Waals surface area contributed by atoms with Gasteiger partial charge in [-0.05, 0) is 25.1 Å². The first-order chi connectivity index (χ1) is 4.83. The minimum absolute atomic E-state index is 0.